The predicted octanol–water partition coefficient (Wildman–Crippen LogP) is 1.60. The van der Waals surface area contributed by atoms with E-state index in [1.807, 2.05) is 4.90 Å². The largest absolute Gasteiger partial charge is 0.462 e. The van der Waals surface area contributed by atoms with Gasteiger partial charge in [-0.25, -0.2) is 4.79 Å². The Kier molecular flexibility index (Phi) is 11.0. The highest BCUT2D eigenvalue weighted by Crippen LogP contribution is 2.32. The lowest BCUT2D eigenvalue weighted by Crippen LogP contribution is -2.48. The smallest absolute Gasteiger partial charge is 0.423 e. The Bertz CT molecular complexity index is 1070. The third kappa shape index (κ3) is 8.42. The van der Waals surface area contributed by atoms with Crippen LogP contribution < -0.4 is 11.2 Å². The average molecular weight is 545 g/mol. The lowest BCUT2D eigenvalue weighted by atomic mass is 10.2. The molecule has 0 saturated carbocycles. The highest BCUT2D eigenvalue weighted by molar-refractivity contribution is 5.71. The van der Waals surface area contributed by atoms with E-state index in [4.69, 9.17) is 20.6 Å². The van der Waals surface area contributed by atoms with Crippen LogP contribution in [-0.2, 0) is 25.2 Å². The molecule has 1 aromatic heterocycles. The summed E-state index contributed by atoms with van der Waals surface area (Å²) in [6.07, 6.45) is 2.71. The maximum Gasteiger partial charge on any atom is 0.423 e. The van der Waals surface area contributed by atoms with E-state index in [1.165, 1.54) is 25.7 Å². The fraction of sp³-hybridized carbons (Fsp3) is 0.720. The number of carbonyl (C=O) groups excluding carboxylic acids is 1. The van der Waals surface area contributed by atoms with Crippen molar-refractivity contribution in [3.8, 4) is 12.3 Å². The molecule has 2 aliphatic heterocycles. The molecule has 2 aliphatic rings. The number of unbranched alkanes of at least 4 members (excludes halogenated alkanes) is 3. The van der Waals surface area contributed by atoms with Gasteiger partial charge in [-0.3, -0.25) is 24.0 Å². The van der Waals surface area contributed by atoms with Crippen molar-refractivity contribution in [3.63, 3.8) is 0 Å². The van der Waals surface area contributed by atoms with Gasteiger partial charge in [0.15, 0.2) is 0 Å². The van der Waals surface area contributed by atoms with Gasteiger partial charge in [0.05, 0.1) is 12.6 Å². The minimum atomic E-state index is -4.96. The fourth-order valence-electron chi connectivity index (χ4n) is 4.59. The standard InChI is InChI=1S/C25H35F3N4O6/c1-3-5-6-7-8-30-9-11-31(12-10-30)16-22(33)37-17-20-19(36-13-4-2)14-21(38-20)32-15-18(25(26,27)28)23(34)29-24(32)35/h2,15,19-21H,3,5-14,16-17H2,1H3,(H,29,34,35)/t19-,20+,21+/m0/s1. The van der Waals surface area contributed by atoms with Crippen molar-refractivity contribution in [1.29, 1.82) is 0 Å². The molecular weight excluding hydrogens is 509 g/mol. The number of hydrogen-bond acceptors (Lipinski definition) is 8. The van der Waals surface area contributed by atoms with E-state index in [0.717, 1.165) is 32.7 Å². The number of halogens is 3. The van der Waals surface area contributed by atoms with Crippen molar-refractivity contribution in [3.05, 3.63) is 32.6 Å². The van der Waals surface area contributed by atoms with E-state index in [-0.39, 0.29) is 26.2 Å². The number of terminal acetylenes is 1. The molecule has 2 fully saturated rings. The normalized spacial score (nSPS) is 22.9. The first-order chi connectivity index (χ1) is 18.1. The molecular formula is C25H35F3N4O6. The van der Waals surface area contributed by atoms with Crippen LogP contribution in [0.4, 0.5) is 13.2 Å². The van der Waals surface area contributed by atoms with Crippen molar-refractivity contribution in [2.75, 3.05) is 52.5 Å². The number of rotatable bonds is 12. The number of hydrogen-bond donors (Lipinski definition) is 1. The second-order valence-corrected chi connectivity index (χ2v) is 9.49. The number of carbonyl (C=O) groups is 1. The molecule has 0 unspecified atom stereocenters. The summed E-state index contributed by atoms with van der Waals surface area (Å²) in [7, 11) is 0. The number of ether oxygens (including phenoxy) is 3. The van der Waals surface area contributed by atoms with E-state index < -0.39 is 47.4 Å². The molecule has 3 rings (SSSR count). The second-order valence-electron chi connectivity index (χ2n) is 9.49. The van der Waals surface area contributed by atoms with Crippen LogP contribution in [0.25, 0.3) is 0 Å². The van der Waals surface area contributed by atoms with Gasteiger partial charge in [-0.05, 0) is 13.0 Å². The van der Waals surface area contributed by atoms with Crippen molar-refractivity contribution < 1.29 is 32.2 Å². The number of aromatic amines is 1. The highest BCUT2D eigenvalue weighted by Gasteiger charge is 2.40. The van der Waals surface area contributed by atoms with Crippen LogP contribution in [0.15, 0.2) is 15.8 Å². The first-order valence-corrected chi connectivity index (χ1v) is 12.9. The first-order valence-electron chi connectivity index (χ1n) is 12.9. The Morgan fingerprint density at radius 3 is 2.55 bits per heavy atom. The van der Waals surface area contributed by atoms with Gasteiger partial charge in [-0.15, -0.1) is 6.42 Å². The molecule has 3 heterocycles. The minimum absolute atomic E-state index is 0.0344. The molecule has 0 radical (unpaired) electrons. The highest BCUT2D eigenvalue weighted by atomic mass is 19.4. The molecule has 2 saturated heterocycles. The Hall–Kier alpha value is -2.66. The van der Waals surface area contributed by atoms with Crippen LogP contribution >= 0.6 is 0 Å². The number of alkyl halides is 3. The fourth-order valence-corrected chi connectivity index (χ4v) is 4.59. The number of piperazine rings is 1. The molecule has 1 aromatic rings. The van der Waals surface area contributed by atoms with Crippen LogP contribution in [0.2, 0.25) is 0 Å². The summed E-state index contributed by atoms with van der Waals surface area (Å²) in [6, 6.07) is 0. The van der Waals surface area contributed by atoms with Gasteiger partial charge in [-0.2, -0.15) is 13.2 Å². The summed E-state index contributed by atoms with van der Waals surface area (Å²) < 4.78 is 56.9. The molecule has 1 N–H and O–H groups in total. The van der Waals surface area contributed by atoms with Crippen LogP contribution in [0, 0.1) is 12.3 Å². The number of esters is 1. The van der Waals surface area contributed by atoms with Crippen molar-refractivity contribution in [2.45, 2.75) is 63.6 Å². The van der Waals surface area contributed by atoms with Crippen molar-refractivity contribution in [2.24, 2.45) is 0 Å². The maximum atomic E-state index is 13.2. The number of aromatic nitrogens is 2. The molecule has 38 heavy (non-hydrogen) atoms. The molecule has 0 bridgehead atoms. The van der Waals surface area contributed by atoms with Crippen LogP contribution in [0.5, 0.6) is 0 Å². The summed E-state index contributed by atoms with van der Waals surface area (Å²) in [5, 5.41) is 0. The number of nitrogens with one attached hydrogen (secondary N) is 1. The van der Waals surface area contributed by atoms with Gasteiger partial charge in [0.2, 0.25) is 0 Å². The van der Waals surface area contributed by atoms with E-state index >= 15 is 0 Å². The van der Waals surface area contributed by atoms with Crippen LogP contribution in [-0.4, -0.2) is 90.0 Å². The molecule has 0 amide bonds. The summed E-state index contributed by atoms with van der Waals surface area (Å²) >= 11 is 0. The second kappa shape index (κ2) is 13.9. The lowest BCUT2D eigenvalue weighted by Gasteiger charge is -2.34. The SMILES string of the molecule is C#CCO[C@H]1C[C@H](n2cc(C(F)(F)F)c(=O)[nH]c2=O)O[C@@H]1COC(=O)CN1CCN(CCCCCC)CC1. The summed E-state index contributed by atoms with van der Waals surface area (Å²) in [5.41, 5.74) is -4.14. The topological polar surface area (TPSA) is 106 Å². The van der Waals surface area contributed by atoms with Crippen molar-refractivity contribution >= 4 is 5.97 Å². The van der Waals surface area contributed by atoms with Gasteiger partial charge >= 0.3 is 17.8 Å². The van der Waals surface area contributed by atoms with Crippen LogP contribution in [0.1, 0.15) is 50.8 Å². The van der Waals surface area contributed by atoms with Gasteiger partial charge in [0.1, 0.15) is 31.1 Å². The zero-order valence-corrected chi connectivity index (χ0v) is 21.5. The Morgan fingerprint density at radius 2 is 1.89 bits per heavy atom. The maximum absolute atomic E-state index is 13.2. The van der Waals surface area contributed by atoms with Crippen LogP contribution in [0.3, 0.4) is 0 Å². The van der Waals surface area contributed by atoms with Gasteiger partial charge in [0.25, 0.3) is 5.56 Å². The van der Waals surface area contributed by atoms with E-state index in [0.29, 0.717) is 10.8 Å². The first kappa shape index (κ1) is 29.9. The molecule has 0 aliphatic carbocycles. The van der Waals surface area contributed by atoms with E-state index in [1.54, 1.807) is 4.98 Å². The molecule has 0 aromatic carbocycles. The minimum Gasteiger partial charge on any atom is -0.462 e. The van der Waals surface area contributed by atoms with Crippen molar-refractivity contribution in [1.82, 2.24) is 19.4 Å². The summed E-state index contributed by atoms with van der Waals surface area (Å²) in [4.78, 5) is 42.4. The quantitative estimate of drug-likeness (QED) is 0.240. The average Bonchev–Trinajstić information content (AvgIpc) is 3.27. The Labute approximate surface area is 219 Å². The molecule has 10 nitrogen and oxygen atoms in total. The summed E-state index contributed by atoms with van der Waals surface area (Å²) in [5.74, 6) is 1.83. The van der Waals surface area contributed by atoms with Gasteiger partial charge in [0, 0.05) is 38.8 Å². The third-order valence-corrected chi connectivity index (χ3v) is 6.70. The monoisotopic (exact) mass is 544 g/mol. The zero-order chi connectivity index (χ0) is 27.7. The molecule has 0 spiro atoms. The van der Waals surface area contributed by atoms with Gasteiger partial charge in [-0.1, -0.05) is 32.1 Å². The number of nitrogens with zero attached hydrogens (tertiary/aromatic N) is 3. The predicted molar refractivity (Wildman–Crippen MR) is 131 cm³/mol. The van der Waals surface area contributed by atoms with Gasteiger partial charge < -0.3 is 19.1 Å². The molecule has 3 atom stereocenters. The lowest BCUT2D eigenvalue weighted by molar-refractivity contribution is -0.153. The Morgan fingerprint density at radius 1 is 1.18 bits per heavy atom. The third-order valence-electron chi connectivity index (χ3n) is 6.70. The van der Waals surface area contributed by atoms with E-state index in [2.05, 4.69) is 17.7 Å². The zero-order valence-electron chi connectivity index (χ0n) is 21.5. The Balaban J connectivity index is 1.54. The number of H-pyrrole nitrogens is 1. The molecule has 212 valence electrons. The van der Waals surface area contributed by atoms with E-state index in [9.17, 15) is 27.6 Å². The summed E-state index contributed by atoms with van der Waals surface area (Å²) in [6.45, 7) is 6.25. The molecule has 13 heteroatoms.